The molecular weight excluding hydrogens is 377 g/mol. The van der Waals surface area contributed by atoms with Crippen LogP contribution in [-0.4, -0.2) is 34.3 Å². The molecule has 0 radical (unpaired) electrons. The molecule has 2 aromatic heterocycles. The molecule has 1 aromatic carbocycles. The van der Waals surface area contributed by atoms with Crippen molar-refractivity contribution in [3.05, 3.63) is 41.7 Å². The number of aromatic nitrogens is 2. The van der Waals surface area contributed by atoms with Crippen LogP contribution in [0.3, 0.4) is 0 Å². The molecular formula is C19H17F3N2O4. The van der Waals surface area contributed by atoms with Gasteiger partial charge in [-0.3, -0.25) is 4.57 Å². The molecule has 0 atom stereocenters. The van der Waals surface area contributed by atoms with Crippen molar-refractivity contribution < 1.29 is 32.2 Å². The third kappa shape index (κ3) is 3.51. The first kappa shape index (κ1) is 19.7. The van der Waals surface area contributed by atoms with Gasteiger partial charge >= 0.3 is 18.2 Å². The van der Waals surface area contributed by atoms with E-state index in [4.69, 9.17) is 4.74 Å². The average molecular weight is 394 g/mol. The number of benzene rings is 1. The van der Waals surface area contributed by atoms with E-state index in [0.29, 0.717) is 0 Å². The van der Waals surface area contributed by atoms with Crippen molar-refractivity contribution in [3.63, 3.8) is 0 Å². The summed E-state index contributed by atoms with van der Waals surface area (Å²) in [5.41, 5.74) is -1.91. The molecule has 9 heteroatoms. The summed E-state index contributed by atoms with van der Waals surface area (Å²) in [6.07, 6.45) is -4.38. The number of ether oxygens (including phenoxy) is 2. The van der Waals surface area contributed by atoms with E-state index < -0.39 is 29.5 Å². The SMILES string of the molecule is COC(=O)c1ccc2nc(C(F)(F)F)c3ccn(C(=O)OC(C)(C)C)c3c2c1. The van der Waals surface area contributed by atoms with Gasteiger partial charge in [-0.1, -0.05) is 0 Å². The predicted octanol–water partition coefficient (Wildman–Crippen LogP) is 4.78. The van der Waals surface area contributed by atoms with Gasteiger partial charge < -0.3 is 9.47 Å². The summed E-state index contributed by atoms with van der Waals surface area (Å²) in [6, 6.07) is 5.09. The molecule has 0 aliphatic carbocycles. The average Bonchev–Trinajstić information content (AvgIpc) is 3.02. The Balaban J connectivity index is 2.38. The topological polar surface area (TPSA) is 70.4 Å². The van der Waals surface area contributed by atoms with E-state index in [0.717, 1.165) is 10.6 Å². The molecule has 0 N–H and O–H groups in total. The van der Waals surface area contributed by atoms with Crippen LogP contribution in [0, 0.1) is 0 Å². The van der Waals surface area contributed by atoms with Gasteiger partial charge in [0.15, 0.2) is 5.69 Å². The summed E-state index contributed by atoms with van der Waals surface area (Å²) >= 11 is 0. The number of pyridine rings is 1. The number of methoxy groups -OCH3 is 1. The molecule has 0 spiro atoms. The Morgan fingerprint density at radius 1 is 1.07 bits per heavy atom. The van der Waals surface area contributed by atoms with Crippen LogP contribution in [0.2, 0.25) is 0 Å². The van der Waals surface area contributed by atoms with Crippen molar-refractivity contribution in [2.45, 2.75) is 32.5 Å². The number of fused-ring (bicyclic) bond motifs is 3. The van der Waals surface area contributed by atoms with Gasteiger partial charge in [-0.15, -0.1) is 0 Å². The molecule has 0 saturated carbocycles. The van der Waals surface area contributed by atoms with Gasteiger partial charge in [0.2, 0.25) is 0 Å². The standard InChI is InChI=1S/C19H17F3N2O4/c1-18(2,3)28-17(26)24-8-7-11-14(24)12-9-10(16(25)27-4)5-6-13(12)23-15(11)19(20,21)22/h5-9H,1-4H3. The Morgan fingerprint density at radius 3 is 2.32 bits per heavy atom. The normalized spacial score (nSPS) is 12.4. The zero-order chi connectivity index (χ0) is 20.9. The maximum atomic E-state index is 13.5. The third-order valence-electron chi connectivity index (χ3n) is 3.91. The summed E-state index contributed by atoms with van der Waals surface area (Å²) in [5, 5.41) is -0.0744. The second kappa shape index (κ2) is 6.50. The van der Waals surface area contributed by atoms with Crippen LogP contribution >= 0.6 is 0 Å². The molecule has 2 heterocycles. The van der Waals surface area contributed by atoms with E-state index in [2.05, 4.69) is 9.72 Å². The maximum Gasteiger partial charge on any atom is 0.434 e. The fourth-order valence-corrected chi connectivity index (χ4v) is 2.83. The minimum absolute atomic E-state index is 0.0176. The zero-order valence-electron chi connectivity index (χ0n) is 15.5. The van der Waals surface area contributed by atoms with Crippen molar-refractivity contribution in [1.82, 2.24) is 9.55 Å². The van der Waals surface area contributed by atoms with E-state index in [-0.39, 0.29) is 27.4 Å². The summed E-state index contributed by atoms with van der Waals surface area (Å²) in [5.74, 6) is -0.662. The lowest BCUT2D eigenvalue weighted by Crippen LogP contribution is -2.26. The first-order chi connectivity index (χ1) is 12.9. The first-order valence-electron chi connectivity index (χ1n) is 8.26. The summed E-state index contributed by atoms with van der Waals surface area (Å²) in [7, 11) is 1.19. The number of rotatable bonds is 1. The van der Waals surface area contributed by atoms with Crippen LogP contribution in [0.5, 0.6) is 0 Å². The van der Waals surface area contributed by atoms with Crippen molar-refractivity contribution in [2.75, 3.05) is 7.11 Å². The second-order valence-corrected chi connectivity index (χ2v) is 7.11. The lowest BCUT2D eigenvalue weighted by atomic mass is 10.1. The number of esters is 1. The molecule has 3 aromatic rings. The van der Waals surface area contributed by atoms with E-state index in [9.17, 15) is 22.8 Å². The molecule has 0 amide bonds. The highest BCUT2D eigenvalue weighted by Gasteiger charge is 2.36. The zero-order valence-corrected chi connectivity index (χ0v) is 15.5. The largest absolute Gasteiger partial charge is 0.465 e. The van der Waals surface area contributed by atoms with Crippen molar-refractivity contribution >= 4 is 33.9 Å². The van der Waals surface area contributed by atoms with Crippen molar-refractivity contribution in [3.8, 4) is 0 Å². The second-order valence-electron chi connectivity index (χ2n) is 7.11. The van der Waals surface area contributed by atoms with Crippen LogP contribution in [0.25, 0.3) is 21.8 Å². The minimum atomic E-state index is -4.73. The van der Waals surface area contributed by atoms with E-state index in [1.165, 1.54) is 31.5 Å². The van der Waals surface area contributed by atoms with Gasteiger partial charge in [-0.2, -0.15) is 13.2 Å². The summed E-state index contributed by atoms with van der Waals surface area (Å²) < 4.78 is 51.5. The number of carbonyl (C=O) groups excluding carboxylic acids is 2. The van der Waals surface area contributed by atoms with Crippen LogP contribution in [0.4, 0.5) is 18.0 Å². The summed E-state index contributed by atoms with van der Waals surface area (Å²) in [4.78, 5) is 28.1. The number of hydrogen-bond donors (Lipinski definition) is 0. The van der Waals surface area contributed by atoms with Crippen molar-refractivity contribution in [1.29, 1.82) is 0 Å². The maximum absolute atomic E-state index is 13.5. The Morgan fingerprint density at radius 2 is 1.75 bits per heavy atom. The molecule has 0 aliphatic heterocycles. The smallest absolute Gasteiger partial charge is 0.434 e. The fourth-order valence-electron chi connectivity index (χ4n) is 2.83. The van der Waals surface area contributed by atoms with E-state index in [1.54, 1.807) is 20.8 Å². The predicted molar refractivity (Wildman–Crippen MR) is 95.2 cm³/mol. The molecule has 0 unspecified atom stereocenters. The van der Waals surface area contributed by atoms with E-state index >= 15 is 0 Å². The molecule has 3 rings (SSSR count). The fraction of sp³-hybridized carbons (Fsp3) is 0.316. The highest BCUT2D eigenvalue weighted by molar-refractivity contribution is 6.10. The highest BCUT2D eigenvalue weighted by Crippen LogP contribution is 2.37. The van der Waals surface area contributed by atoms with Crippen molar-refractivity contribution in [2.24, 2.45) is 0 Å². The molecule has 0 fully saturated rings. The van der Waals surface area contributed by atoms with Gasteiger partial charge in [-0.25, -0.2) is 14.6 Å². The monoisotopic (exact) mass is 394 g/mol. The Bertz CT molecular complexity index is 1090. The van der Waals surface area contributed by atoms with Gasteiger partial charge in [0.1, 0.15) is 5.60 Å². The Labute approximate surface area is 157 Å². The van der Waals surface area contributed by atoms with Crippen LogP contribution in [-0.2, 0) is 15.7 Å². The molecule has 6 nitrogen and oxygen atoms in total. The minimum Gasteiger partial charge on any atom is -0.465 e. The van der Waals surface area contributed by atoms with Gasteiger partial charge in [0.25, 0.3) is 0 Å². The van der Waals surface area contributed by atoms with Gasteiger partial charge in [-0.05, 0) is 45.0 Å². The lowest BCUT2D eigenvalue weighted by molar-refractivity contribution is -0.139. The van der Waals surface area contributed by atoms with Crippen LogP contribution < -0.4 is 0 Å². The Kier molecular flexibility index (Phi) is 4.57. The van der Waals surface area contributed by atoms with E-state index in [1.807, 2.05) is 0 Å². The molecule has 0 saturated heterocycles. The number of nitrogens with zero attached hydrogens (tertiary/aromatic N) is 2. The van der Waals surface area contributed by atoms with Gasteiger partial charge in [0, 0.05) is 17.0 Å². The van der Waals surface area contributed by atoms with Crippen LogP contribution in [0.1, 0.15) is 36.8 Å². The number of carbonyl (C=O) groups is 2. The molecule has 28 heavy (non-hydrogen) atoms. The Hall–Kier alpha value is -3.10. The molecule has 148 valence electrons. The molecule has 0 aliphatic rings. The number of hydrogen-bond acceptors (Lipinski definition) is 5. The highest BCUT2D eigenvalue weighted by atomic mass is 19.4. The van der Waals surface area contributed by atoms with Gasteiger partial charge in [0.05, 0.1) is 23.7 Å². The lowest BCUT2D eigenvalue weighted by Gasteiger charge is -2.20. The van der Waals surface area contributed by atoms with Crippen LogP contribution in [0.15, 0.2) is 30.5 Å². The number of halogens is 3. The third-order valence-corrected chi connectivity index (χ3v) is 3.91. The summed E-state index contributed by atoms with van der Waals surface area (Å²) in [6.45, 7) is 4.94. The first-order valence-corrected chi connectivity index (χ1v) is 8.26. The number of alkyl halides is 3. The quantitative estimate of drug-likeness (QED) is 0.556. The molecule has 0 bridgehead atoms.